The second-order valence-corrected chi connectivity index (χ2v) is 8.65. The first kappa shape index (κ1) is 25.4. The third-order valence-electron chi connectivity index (χ3n) is 6.24. The molecule has 4 radical (unpaired) electrons. The molecule has 2 aromatic carbocycles. The Kier molecular flexibility index (Phi) is 7.99. The van der Waals surface area contributed by atoms with Crippen LogP contribution in [0.5, 0.6) is 5.75 Å². The Bertz CT molecular complexity index is 994. The summed E-state index contributed by atoms with van der Waals surface area (Å²) >= 11 is 0. The molecule has 1 saturated carbocycles. The maximum Gasteiger partial charge on any atom is 0.416 e. The van der Waals surface area contributed by atoms with Crippen molar-refractivity contribution in [2.24, 2.45) is 4.99 Å². The van der Waals surface area contributed by atoms with Crippen LogP contribution in [0.4, 0.5) is 13.2 Å². The van der Waals surface area contributed by atoms with E-state index in [-0.39, 0.29) is 18.4 Å². The third kappa shape index (κ3) is 6.44. The fraction of sp³-hybridized carbons (Fsp3) is 0.480. The van der Waals surface area contributed by atoms with Crippen molar-refractivity contribution in [3.8, 4) is 5.75 Å². The number of benzene rings is 2. The van der Waals surface area contributed by atoms with E-state index in [0.717, 1.165) is 49.3 Å². The molecule has 0 heterocycles. The first-order chi connectivity index (χ1) is 15.5. The van der Waals surface area contributed by atoms with Gasteiger partial charge in [-0.05, 0) is 72.6 Å². The Hall–Kier alpha value is -2.21. The van der Waals surface area contributed by atoms with Gasteiger partial charge in [0.1, 0.15) is 21.4 Å². The van der Waals surface area contributed by atoms with Gasteiger partial charge in [-0.15, -0.1) is 0 Å². The highest BCUT2D eigenvalue weighted by Crippen LogP contribution is 2.42. The van der Waals surface area contributed by atoms with E-state index in [1.807, 2.05) is 13.0 Å². The molecule has 3 rings (SSSR count). The molecule has 3 nitrogen and oxygen atoms in total. The van der Waals surface area contributed by atoms with Gasteiger partial charge in [0.05, 0.1) is 5.56 Å². The third-order valence-corrected chi connectivity index (χ3v) is 6.24. The number of aliphatic hydroxyl groups is 1. The second kappa shape index (κ2) is 10.4. The van der Waals surface area contributed by atoms with Crippen molar-refractivity contribution in [2.45, 2.75) is 69.9 Å². The minimum absolute atomic E-state index is 0.0554. The normalized spacial score (nSPS) is 16.1. The number of hydrogen-bond donors (Lipinski definition) is 1. The number of hydrogen-bond acceptors (Lipinski definition) is 3. The molecular weight excluding hydrogens is 425 g/mol. The lowest BCUT2D eigenvalue weighted by molar-refractivity contribution is -0.138. The lowest BCUT2D eigenvalue weighted by atomic mass is 9.60. The molecule has 2 aromatic rings. The Morgan fingerprint density at radius 2 is 1.76 bits per heavy atom. The molecule has 1 aliphatic carbocycles. The topological polar surface area (TPSA) is 41.8 Å². The Morgan fingerprint density at radius 1 is 1.06 bits per heavy atom. The number of nitrogens with zero attached hydrogens (tertiary/aromatic N) is 1. The van der Waals surface area contributed by atoms with Gasteiger partial charge in [-0.1, -0.05) is 44.4 Å². The highest BCUT2D eigenvalue weighted by atomic mass is 19.4. The average molecular weight is 453 g/mol. The highest BCUT2D eigenvalue weighted by Gasteiger charge is 2.36. The Labute approximate surface area is 196 Å². The Balaban J connectivity index is 1.75. The lowest BCUT2D eigenvalue weighted by Crippen LogP contribution is -2.27. The van der Waals surface area contributed by atoms with Crippen molar-refractivity contribution < 1.29 is 23.0 Å². The van der Waals surface area contributed by atoms with E-state index in [1.165, 1.54) is 0 Å². The molecule has 1 N–H and O–H groups in total. The van der Waals surface area contributed by atoms with Crippen molar-refractivity contribution in [3.05, 3.63) is 64.2 Å². The summed E-state index contributed by atoms with van der Waals surface area (Å²) in [4.78, 5) is 4.35. The van der Waals surface area contributed by atoms with Crippen molar-refractivity contribution in [3.63, 3.8) is 0 Å². The van der Waals surface area contributed by atoms with E-state index < -0.39 is 17.1 Å². The molecule has 8 heteroatoms. The zero-order chi connectivity index (χ0) is 24.2. The molecule has 172 valence electrons. The van der Waals surface area contributed by atoms with Gasteiger partial charge in [-0.2, -0.15) is 13.2 Å². The van der Waals surface area contributed by atoms with Gasteiger partial charge in [-0.25, -0.2) is 0 Å². The van der Waals surface area contributed by atoms with E-state index >= 15 is 0 Å². The molecule has 0 aromatic heterocycles. The van der Waals surface area contributed by atoms with Gasteiger partial charge in [0.2, 0.25) is 0 Å². The zero-order valence-electron chi connectivity index (χ0n) is 19.1. The number of aliphatic imine (C=N–C) groups is 1. The molecule has 0 saturated heterocycles. The maximum atomic E-state index is 13.7. The molecule has 0 atom stereocenters. The van der Waals surface area contributed by atoms with E-state index in [4.69, 9.17) is 20.4 Å². The molecule has 0 unspecified atom stereocenters. The number of alkyl halides is 3. The maximum absolute atomic E-state index is 13.7. The minimum Gasteiger partial charge on any atom is -0.471 e. The van der Waals surface area contributed by atoms with Crippen LogP contribution in [0.3, 0.4) is 0 Å². The van der Waals surface area contributed by atoms with Crippen LogP contribution in [-0.2, 0) is 18.0 Å². The molecule has 33 heavy (non-hydrogen) atoms. The van der Waals surface area contributed by atoms with Crippen molar-refractivity contribution in [2.75, 3.05) is 6.73 Å². The van der Waals surface area contributed by atoms with Crippen molar-refractivity contribution in [1.82, 2.24) is 0 Å². The van der Waals surface area contributed by atoms with Gasteiger partial charge in [0.15, 0.2) is 6.73 Å². The molecular formula is C25H28B2F3NO2. The fourth-order valence-corrected chi connectivity index (χ4v) is 4.44. The summed E-state index contributed by atoms with van der Waals surface area (Å²) in [5.74, 6) is 0.0829. The summed E-state index contributed by atoms with van der Waals surface area (Å²) in [6.07, 6.45) is 0.760. The van der Waals surface area contributed by atoms with E-state index in [9.17, 15) is 18.3 Å². The quantitative estimate of drug-likeness (QED) is 0.438. The summed E-state index contributed by atoms with van der Waals surface area (Å²) in [6, 6.07) is 9.45. The van der Waals surface area contributed by atoms with Crippen molar-refractivity contribution >= 4 is 21.4 Å². The SMILES string of the molecule is [B]C([B])(O)c1ccc(C(C)=NCOc2ccc(C3CCCCC3)c(C(F)(F)F)c2)cc1CC. The van der Waals surface area contributed by atoms with Crippen LogP contribution in [0.15, 0.2) is 41.4 Å². The number of ether oxygens (including phenoxy) is 1. The molecule has 0 amide bonds. The Morgan fingerprint density at radius 3 is 2.36 bits per heavy atom. The predicted molar refractivity (Wildman–Crippen MR) is 126 cm³/mol. The molecule has 0 bridgehead atoms. The monoisotopic (exact) mass is 453 g/mol. The van der Waals surface area contributed by atoms with Gasteiger partial charge >= 0.3 is 6.18 Å². The summed E-state index contributed by atoms with van der Waals surface area (Å²) in [5, 5.41) is 7.97. The highest BCUT2D eigenvalue weighted by molar-refractivity contribution is 6.38. The smallest absolute Gasteiger partial charge is 0.416 e. The van der Waals surface area contributed by atoms with Crippen LogP contribution in [0, 0.1) is 0 Å². The summed E-state index contributed by atoms with van der Waals surface area (Å²) < 4.78 is 46.7. The van der Waals surface area contributed by atoms with Crippen LogP contribution < -0.4 is 4.74 Å². The van der Waals surface area contributed by atoms with Crippen molar-refractivity contribution in [1.29, 1.82) is 0 Å². The number of halogens is 3. The average Bonchev–Trinajstić information content (AvgIpc) is 2.78. The first-order valence-electron chi connectivity index (χ1n) is 11.3. The van der Waals surface area contributed by atoms with Crippen LogP contribution >= 0.6 is 0 Å². The molecule has 1 fully saturated rings. The van der Waals surface area contributed by atoms with E-state index in [0.29, 0.717) is 23.3 Å². The van der Waals surface area contributed by atoms with Gasteiger partial charge in [0.25, 0.3) is 0 Å². The summed E-state index contributed by atoms with van der Waals surface area (Å²) in [7, 11) is 11.2. The molecule has 1 aliphatic rings. The summed E-state index contributed by atoms with van der Waals surface area (Å²) in [6.45, 7) is 3.58. The van der Waals surface area contributed by atoms with E-state index in [2.05, 4.69) is 4.99 Å². The van der Waals surface area contributed by atoms with E-state index in [1.54, 1.807) is 31.2 Å². The number of rotatable bonds is 7. The second-order valence-electron chi connectivity index (χ2n) is 8.65. The van der Waals surface area contributed by atoms with Gasteiger partial charge in [0, 0.05) is 11.1 Å². The molecule has 0 aliphatic heterocycles. The van der Waals surface area contributed by atoms with Gasteiger partial charge in [-0.3, -0.25) is 4.99 Å². The minimum atomic E-state index is -4.43. The standard InChI is InChI=1S/C25H28B2F3NO2/c1-3-17-13-19(9-12-22(17)24(26,27)32)16(2)31-15-33-20-10-11-21(18-7-5-4-6-8-18)23(14-20)25(28,29)30/h9-14,18,32H,3-8,15H2,1-2H3. The van der Waals surface area contributed by atoms with Crippen LogP contribution in [0.25, 0.3) is 0 Å². The van der Waals surface area contributed by atoms with Crippen LogP contribution in [0.2, 0.25) is 0 Å². The van der Waals surface area contributed by atoms with Gasteiger partial charge < -0.3 is 9.84 Å². The first-order valence-corrected chi connectivity index (χ1v) is 11.3. The fourth-order valence-electron chi connectivity index (χ4n) is 4.44. The predicted octanol–water partition coefficient (Wildman–Crippen LogP) is 5.60. The van der Waals surface area contributed by atoms with Crippen LogP contribution in [0.1, 0.15) is 79.7 Å². The van der Waals surface area contributed by atoms with Crippen LogP contribution in [-0.4, -0.2) is 33.2 Å². The largest absolute Gasteiger partial charge is 0.471 e. The lowest BCUT2D eigenvalue weighted by Gasteiger charge is -2.25. The number of aryl methyl sites for hydroxylation is 1. The summed E-state index contributed by atoms with van der Waals surface area (Å²) in [5.41, 5.74) is 2.38. The zero-order valence-corrected chi connectivity index (χ0v) is 19.1. The molecule has 0 spiro atoms.